The summed E-state index contributed by atoms with van der Waals surface area (Å²) in [4.78, 5) is 25.3. The van der Waals surface area contributed by atoms with Crippen LogP contribution in [0.4, 0.5) is 5.82 Å². The van der Waals surface area contributed by atoms with E-state index in [0.29, 0.717) is 17.0 Å². The molecule has 6 atom stereocenters. The summed E-state index contributed by atoms with van der Waals surface area (Å²) in [6.45, 7) is 1.03. The lowest BCUT2D eigenvalue weighted by Gasteiger charge is -2.24. The molecule has 15 heteroatoms. The molecule has 2 aromatic carbocycles. The minimum absolute atomic E-state index is 0.0292. The first kappa shape index (κ1) is 29.6. The van der Waals surface area contributed by atoms with Gasteiger partial charge in [0.15, 0.2) is 17.7 Å². The number of para-hydroxylation sites is 1. The van der Waals surface area contributed by atoms with Crippen molar-refractivity contribution in [2.45, 2.75) is 44.1 Å². The van der Waals surface area contributed by atoms with Gasteiger partial charge in [-0.15, -0.1) is 0 Å². The van der Waals surface area contributed by atoms with Gasteiger partial charge in [0.05, 0.1) is 12.9 Å². The fourth-order valence-electron chi connectivity index (χ4n) is 4.34. The number of aliphatic hydroxyl groups excluding tert-OH is 2. The van der Waals surface area contributed by atoms with Crippen molar-refractivity contribution in [3.8, 4) is 5.75 Å². The Labute approximate surface area is 241 Å². The van der Waals surface area contributed by atoms with Gasteiger partial charge in [-0.2, -0.15) is 5.09 Å². The van der Waals surface area contributed by atoms with Crippen molar-refractivity contribution in [2.75, 3.05) is 19.0 Å². The highest BCUT2D eigenvalue weighted by Crippen LogP contribution is 2.46. The van der Waals surface area contributed by atoms with E-state index in [9.17, 15) is 19.6 Å². The third-order valence-electron chi connectivity index (χ3n) is 6.51. The molecule has 2 aromatic heterocycles. The predicted octanol–water partition coefficient (Wildman–Crippen LogP) is 2.41. The fourth-order valence-corrected chi connectivity index (χ4v) is 5.85. The maximum absolute atomic E-state index is 13.9. The number of nitrogens with zero attached hydrogens (tertiary/aromatic N) is 4. The molecule has 4 aromatic rings. The van der Waals surface area contributed by atoms with Crippen LogP contribution in [-0.4, -0.2) is 73.7 Å². The monoisotopic (exact) mass is 598 g/mol. The molecule has 0 bridgehead atoms. The van der Waals surface area contributed by atoms with Gasteiger partial charge >= 0.3 is 13.7 Å². The molecule has 0 saturated carbocycles. The van der Waals surface area contributed by atoms with E-state index in [1.807, 2.05) is 30.3 Å². The number of aliphatic hydroxyl groups is 2. The lowest BCUT2D eigenvalue weighted by atomic mass is 10.1. The van der Waals surface area contributed by atoms with Crippen molar-refractivity contribution < 1.29 is 38.1 Å². The van der Waals surface area contributed by atoms with Crippen molar-refractivity contribution in [3.63, 3.8) is 0 Å². The van der Waals surface area contributed by atoms with Crippen LogP contribution in [0.15, 0.2) is 73.3 Å². The number of nitrogens with one attached hydrogen (secondary N) is 2. The number of benzene rings is 2. The Hall–Kier alpha value is -3.91. The number of imidazole rings is 1. The zero-order chi connectivity index (χ0) is 29.7. The van der Waals surface area contributed by atoms with Crippen LogP contribution >= 0.6 is 7.75 Å². The number of fused-ring (bicyclic) bond motifs is 1. The van der Waals surface area contributed by atoms with E-state index in [1.165, 1.54) is 24.1 Å². The fraction of sp³-hybridized carbons (Fsp3) is 0.333. The molecular weight excluding hydrogens is 567 g/mol. The zero-order valence-electron chi connectivity index (χ0n) is 22.8. The van der Waals surface area contributed by atoms with E-state index >= 15 is 0 Å². The van der Waals surface area contributed by atoms with Crippen LogP contribution in [0.1, 0.15) is 18.7 Å². The molecule has 222 valence electrons. The van der Waals surface area contributed by atoms with Gasteiger partial charge in [0.1, 0.15) is 48.6 Å². The molecule has 3 heterocycles. The van der Waals surface area contributed by atoms with Crippen LogP contribution in [-0.2, 0) is 30.0 Å². The lowest BCUT2D eigenvalue weighted by molar-refractivity contribution is -0.146. The smallest absolute Gasteiger partial charge is 0.459 e. The first-order valence-electron chi connectivity index (χ1n) is 13.1. The van der Waals surface area contributed by atoms with Crippen LogP contribution in [0.2, 0.25) is 0 Å². The van der Waals surface area contributed by atoms with E-state index in [1.54, 1.807) is 37.4 Å². The number of hydrogen-bond donors (Lipinski definition) is 4. The maximum Gasteiger partial charge on any atom is 0.459 e. The molecule has 1 aliphatic heterocycles. The number of hydrogen-bond acceptors (Lipinski definition) is 12. The van der Waals surface area contributed by atoms with Crippen molar-refractivity contribution in [1.29, 1.82) is 0 Å². The van der Waals surface area contributed by atoms with Crippen LogP contribution in [0.5, 0.6) is 5.75 Å². The number of aromatic nitrogens is 4. The molecule has 42 heavy (non-hydrogen) atoms. The molecule has 14 nitrogen and oxygen atoms in total. The topological polar surface area (TPSA) is 179 Å². The summed E-state index contributed by atoms with van der Waals surface area (Å²) in [5.41, 5.74) is 1.61. The number of carbonyl (C=O) groups excluding carboxylic acids is 1. The number of anilines is 1. The average Bonchev–Trinajstić information content (AvgIpc) is 3.56. The SMILES string of the molecule is CNc1ncnc2c1ncn2C1O[C@H](COP(=O)(N[C@@H](C)C(=O)OCc2ccccc2)Oc2ccccc2)[C@@H](O)[C@H]1O. The third-order valence-corrected chi connectivity index (χ3v) is 8.16. The van der Waals surface area contributed by atoms with Crippen LogP contribution in [0.3, 0.4) is 0 Å². The Morgan fingerprint density at radius 1 is 1.07 bits per heavy atom. The van der Waals surface area contributed by atoms with Gasteiger partial charge in [-0.05, 0) is 24.6 Å². The van der Waals surface area contributed by atoms with Gasteiger partial charge in [-0.25, -0.2) is 19.5 Å². The molecule has 0 radical (unpaired) electrons. The summed E-state index contributed by atoms with van der Waals surface area (Å²) in [6, 6.07) is 16.3. The molecular formula is C27H31N6O8P. The summed E-state index contributed by atoms with van der Waals surface area (Å²) in [7, 11) is -2.56. The highest BCUT2D eigenvalue weighted by atomic mass is 31.2. The number of carbonyl (C=O) groups is 1. The van der Waals surface area contributed by atoms with Gasteiger partial charge in [0.25, 0.3) is 0 Å². The predicted molar refractivity (Wildman–Crippen MR) is 150 cm³/mol. The van der Waals surface area contributed by atoms with E-state index in [2.05, 4.69) is 25.4 Å². The third kappa shape index (κ3) is 6.59. The van der Waals surface area contributed by atoms with Crippen molar-refractivity contribution in [1.82, 2.24) is 24.6 Å². The van der Waals surface area contributed by atoms with Gasteiger partial charge in [-0.1, -0.05) is 48.5 Å². The molecule has 0 amide bonds. The van der Waals surface area contributed by atoms with Gasteiger partial charge in [0.2, 0.25) is 0 Å². The zero-order valence-corrected chi connectivity index (χ0v) is 23.7. The van der Waals surface area contributed by atoms with Crippen molar-refractivity contribution in [2.24, 2.45) is 0 Å². The quantitative estimate of drug-likeness (QED) is 0.138. The molecule has 1 fully saturated rings. The average molecular weight is 599 g/mol. The highest BCUT2D eigenvalue weighted by molar-refractivity contribution is 7.52. The number of esters is 1. The Morgan fingerprint density at radius 2 is 1.79 bits per heavy atom. The molecule has 0 spiro atoms. The summed E-state index contributed by atoms with van der Waals surface area (Å²) < 4.78 is 37.9. The van der Waals surface area contributed by atoms with Crippen molar-refractivity contribution in [3.05, 3.63) is 78.9 Å². The Bertz CT molecular complexity index is 1540. The molecule has 1 aliphatic rings. The Kier molecular flexibility index (Phi) is 9.12. The second-order valence-corrected chi connectivity index (χ2v) is 11.2. The van der Waals surface area contributed by atoms with E-state index in [0.717, 1.165) is 5.56 Å². The first-order valence-corrected chi connectivity index (χ1v) is 14.7. The van der Waals surface area contributed by atoms with E-state index < -0.39 is 50.9 Å². The van der Waals surface area contributed by atoms with Gasteiger partial charge in [0, 0.05) is 7.05 Å². The van der Waals surface area contributed by atoms with Crippen molar-refractivity contribution >= 4 is 30.7 Å². The minimum atomic E-state index is -4.25. The van der Waals surface area contributed by atoms with Crippen LogP contribution in [0, 0.1) is 0 Å². The molecule has 0 aliphatic carbocycles. The largest absolute Gasteiger partial charge is 0.460 e. The van der Waals surface area contributed by atoms with E-state index in [4.69, 9.17) is 18.5 Å². The summed E-state index contributed by atoms with van der Waals surface area (Å²) >= 11 is 0. The van der Waals surface area contributed by atoms with Gasteiger partial charge < -0.3 is 29.5 Å². The highest BCUT2D eigenvalue weighted by Gasteiger charge is 2.46. The summed E-state index contributed by atoms with van der Waals surface area (Å²) in [5.74, 6) is 0.0175. The van der Waals surface area contributed by atoms with E-state index in [-0.39, 0.29) is 12.4 Å². The summed E-state index contributed by atoms with van der Waals surface area (Å²) in [5, 5.41) is 27.1. The Balaban J connectivity index is 1.28. The minimum Gasteiger partial charge on any atom is -0.460 e. The van der Waals surface area contributed by atoms with Gasteiger partial charge in [-0.3, -0.25) is 13.9 Å². The van der Waals surface area contributed by atoms with Crippen LogP contribution in [0.25, 0.3) is 11.2 Å². The lowest BCUT2D eigenvalue weighted by Crippen LogP contribution is -2.37. The number of ether oxygens (including phenoxy) is 2. The second kappa shape index (κ2) is 12.9. The molecule has 4 N–H and O–H groups in total. The first-order chi connectivity index (χ1) is 20.3. The number of rotatable bonds is 12. The molecule has 2 unspecified atom stereocenters. The second-order valence-electron chi connectivity index (χ2n) is 9.48. The standard InChI is InChI=1S/C27H31N6O8P/c1-17(27(36)38-13-18-9-5-3-6-10-18)32-42(37,41-19-11-7-4-8-12-19)39-14-20-22(34)23(35)26(40-20)33-16-31-21-24(28-2)29-15-30-25(21)33/h3-12,15-17,20,22-23,26,34-35H,13-14H2,1-2H3,(H,32,37)(H,28,29,30)/t17-,20+,22+,23+,26?,42?/m0/s1. The molecule has 5 rings (SSSR count). The Morgan fingerprint density at radius 3 is 2.50 bits per heavy atom. The molecule has 1 saturated heterocycles. The maximum atomic E-state index is 13.9. The van der Waals surface area contributed by atoms with Crippen LogP contribution < -0.4 is 14.9 Å². The normalized spacial score (nSPS) is 22.4. The summed E-state index contributed by atoms with van der Waals surface area (Å²) in [6.07, 6.45) is -2.26.